The summed E-state index contributed by atoms with van der Waals surface area (Å²) in [6.07, 6.45) is -0.650. The minimum absolute atomic E-state index is 0.0412. The molecule has 0 aliphatic heterocycles. The fraction of sp³-hybridized carbons (Fsp3) is 0.391. The topological polar surface area (TPSA) is 65.5 Å². The Morgan fingerprint density at radius 1 is 1.10 bits per heavy atom. The van der Waals surface area contributed by atoms with Crippen LogP contribution in [-0.2, 0) is 11.3 Å². The molecule has 1 N–H and O–H groups in total. The van der Waals surface area contributed by atoms with Crippen molar-refractivity contribution in [3.8, 4) is 11.5 Å². The molecule has 0 aliphatic rings. The summed E-state index contributed by atoms with van der Waals surface area (Å²) in [5.41, 5.74) is 1.07. The Morgan fingerprint density at radius 3 is 2.61 bits per heavy atom. The van der Waals surface area contributed by atoms with Crippen LogP contribution in [-0.4, -0.2) is 37.4 Å². The highest BCUT2D eigenvalue weighted by Gasteiger charge is 2.16. The van der Waals surface area contributed by atoms with Crippen molar-refractivity contribution >= 4 is 16.7 Å². The van der Waals surface area contributed by atoms with Crippen molar-refractivity contribution in [1.82, 2.24) is 9.97 Å². The van der Waals surface area contributed by atoms with Crippen molar-refractivity contribution in [1.29, 1.82) is 0 Å². The van der Waals surface area contributed by atoms with Gasteiger partial charge < -0.3 is 19.5 Å². The smallest absolute Gasteiger partial charge is 0.162 e. The first kappa shape index (κ1) is 22.7. The van der Waals surface area contributed by atoms with E-state index in [1.165, 1.54) is 13.0 Å². The van der Waals surface area contributed by atoms with Crippen LogP contribution in [0.3, 0.4) is 0 Å². The molecule has 0 aliphatic carbocycles. The number of anilines is 1. The van der Waals surface area contributed by atoms with Crippen LogP contribution in [0.4, 0.5) is 14.6 Å². The van der Waals surface area contributed by atoms with Crippen LogP contribution in [0.15, 0.2) is 30.3 Å². The van der Waals surface area contributed by atoms with E-state index in [1.807, 2.05) is 0 Å². The van der Waals surface area contributed by atoms with E-state index in [0.717, 1.165) is 6.42 Å². The van der Waals surface area contributed by atoms with Gasteiger partial charge in [0.25, 0.3) is 0 Å². The lowest BCUT2D eigenvalue weighted by atomic mass is 10.1. The fourth-order valence-electron chi connectivity index (χ4n) is 3.27. The molecule has 0 amide bonds. The molecule has 31 heavy (non-hydrogen) atoms. The van der Waals surface area contributed by atoms with Crippen molar-refractivity contribution in [3.05, 3.63) is 53.1 Å². The van der Waals surface area contributed by atoms with Gasteiger partial charge in [0.2, 0.25) is 0 Å². The zero-order valence-electron chi connectivity index (χ0n) is 18.2. The molecule has 0 radical (unpaired) electrons. The van der Waals surface area contributed by atoms with E-state index in [1.54, 1.807) is 45.4 Å². The predicted octanol–water partition coefficient (Wildman–Crippen LogP) is 5.14. The summed E-state index contributed by atoms with van der Waals surface area (Å²) in [6, 6.07) is 8.31. The van der Waals surface area contributed by atoms with Crippen molar-refractivity contribution in [3.63, 3.8) is 0 Å². The summed E-state index contributed by atoms with van der Waals surface area (Å²) in [5.74, 6) is 1.65. The Hall–Kier alpha value is -3.00. The minimum Gasteiger partial charge on any atom is -0.493 e. The number of fused-ring (bicyclic) bond motifs is 1. The average Bonchev–Trinajstić information content (AvgIpc) is 2.75. The maximum absolute atomic E-state index is 14.6. The predicted molar refractivity (Wildman–Crippen MR) is 116 cm³/mol. The largest absolute Gasteiger partial charge is 0.493 e. The van der Waals surface area contributed by atoms with Gasteiger partial charge in [0.15, 0.2) is 11.5 Å². The summed E-state index contributed by atoms with van der Waals surface area (Å²) in [6.45, 7) is 4.29. The quantitative estimate of drug-likeness (QED) is 0.448. The molecular formula is C23H27F2N3O3. The number of nitrogens with one attached hydrogen (secondary N) is 1. The fourth-order valence-corrected chi connectivity index (χ4v) is 3.27. The zero-order chi connectivity index (χ0) is 22.4. The Bertz CT molecular complexity index is 1040. The monoisotopic (exact) mass is 431 g/mol. The third-order valence-electron chi connectivity index (χ3n) is 4.83. The number of rotatable bonds is 10. The van der Waals surface area contributed by atoms with Crippen LogP contribution >= 0.6 is 0 Å². The SMILES string of the molecule is COCCCOc1cc2c(NCc3cccc(C(C)F)c3F)nc(C)nc2cc1OC. The van der Waals surface area contributed by atoms with E-state index in [2.05, 4.69) is 15.3 Å². The van der Waals surface area contributed by atoms with Gasteiger partial charge in [-0.05, 0) is 19.9 Å². The van der Waals surface area contributed by atoms with Crippen LogP contribution in [0.5, 0.6) is 11.5 Å². The van der Waals surface area contributed by atoms with Crippen LogP contribution in [0.25, 0.3) is 10.9 Å². The molecule has 1 heterocycles. The molecule has 8 heteroatoms. The zero-order valence-corrected chi connectivity index (χ0v) is 18.2. The summed E-state index contributed by atoms with van der Waals surface area (Å²) in [4.78, 5) is 8.95. The lowest BCUT2D eigenvalue weighted by Crippen LogP contribution is -2.08. The second-order valence-electron chi connectivity index (χ2n) is 7.12. The molecule has 0 fully saturated rings. The van der Waals surface area contributed by atoms with E-state index in [-0.39, 0.29) is 12.1 Å². The van der Waals surface area contributed by atoms with E-state index < -0.39 is 12.0 Å². The highest BCUT2D eigenvalue weighted by molar-refractivity contribution is 5.91. The van der Waals surface area contributed by atoms with E-state index >= 15 is 0 Å². The second-order valence-corrected chi connectivity index (χ2v) is 7.12. The summed E-state index contributed by atoms with van der Waals surface area (Å²) in [7, 11) is 3.21. The number of nitrogens with zero attached hydrogens (tertiary/aromatic N) is 2. The number of halogens is 2. The third-order valence-corrected chi connectivity index (χ3v) is 4.83. The van der Waals surface area contributed by atoms with Crippen molar-refractivity contribution in [2.24, 2.45) is 0 Å². The molecular weight excluding hydrogens is 404 g/mol. The van der Waals surface area contributed by atoms with Gasteiger partial charge in [-0.2, -0.15) is 0 Å². The Morgan fingerprint density at radius 2 is 1.90 bits per heavy atom. The molecule has 0 saturated carbocycles. The van der Waals surface area contributed by atoms with Crippen molar-refractivity contribution < 1.29 is 23.0 Å². The Kier molecular flexibility index (Phi) is 7.57. The molecule has 3 aromatic rings. The van der Waals surface area contributed by atoms with Crippen LogP contribution in [0, 0.1) is 12.7 Å². The van der Waals surface area contributed by atoms with Crippen molar-refractivity contribution in [2.75, 3.05) is 32.8 Å². The lowest BCUT2D eigenvalue weighted by Gasteiger charge is -2.15. The standard InChI is InChI=1S/C23H27F2N3O3/c1-14(24)17-8-5-7-16(22(17)25)13-26-23-18-11-21(31-10-6-9-29-3)20(30-4)12-19(18)27-15(2)28-23/h5,7-8,11-12,14H,6,9-10,13H2,1-4H3,(H,26,27,28). The summed E-state index contributed by atoms with van der Waals surface area (Å²) < 4.78 is 44.6. The first-order chi connectivity index (χ1) is 14.9. The molecule has 2 aromatic carbocycles. The second kappa shape index (κ2) is 10.3. The van der Waals surface area contributed by atoms with Crippen molar-refractivity contribution in [2.45, 2.75) is 33.0 Å². The molecule has 6 nitrogen and oxygen atoms in total. The van der Waals surface area contributed by atoms with E-state index in [9.17, 15) is 8.78 Å². The normalized spacial score (nSPS) is 12.1. The number of benzene rings is 2. The number of alkyl halides is 1. The highest BCUT2D eigenvalue weighted by Crippen LogP contribution is 2.34. The maximum atomic E-state index is 14.6. The Balaban J connectivity index is 1.91. The molecule has 1 unspecified atom stereocenters. The molecule has 1 atom stereocenters. The first-order valence-electron chi connectivity index (χ1n) is 10.1. The lowest BCUT2D eigenvalue weighted by molar-refractivity contribution is 0.170. The van der Waals surface area contributed by atoms with Crippen LogP contribution < -0.4 is 14.8 Å². The summed E-state index contributed by atoms with van der Waals surface area (Å²) >= 11 is 0. The molecule has 3 rings (SSSR count). The average molecular weight is 431 g/mol. The number of aryl methyl sites for hydroxylation is 1. The molecule has 166 valence electrons. The third kappa shape index (κ3) is 5.38. The number of methoxy groups -OCH3 is 2. The first-order valence-corrected chi connectivity index (χ1v) is 10.1. The number of hydrogen-bond acceptors (Lipinski definition) is 6. The van der Waals surface area contributed by atoms with Gasteiger partial charge in [0, 0.05) is 49.3 Å². The van der Waals surface area contributed by atoms with Gasteiger partial charge in [-0.15, -0.1) is 0 Å². The van der Waals surface area contributed by atoms with E-state index in [0.29, 0.717) is 52.8 Å². The highest BCUT2D eigenvalue weighted by atomic mass is 19.1. The molecule has 0 spiro atoms. The van der Waals surface area contributed by atoms with Gasteiger partial charge in [0.1, 0.15) is 23.6 Å². The van der Waals surface area contributed by atoms with E-state index in [4.69, 9.17) is 14.2 Å². The van der Waals surface area contributed by atoms with Gasteiger partial charge in [-0.1, -0.05) is 18.2 Å². The number of hydrogen-bond donors (Lipinski definition) is 1. The van der Waals surface area contributed by atoms with Gasteiger partial charge in [-0.3, -0.25) is 0 Å². The molecule has 0 bridgehead atoms. The number of ether oxygens (including phenoxy) is 3. The number of aromatic nitrogens is 2. The molecule has 1 aromatic heterocycles. The molecule has 0 saturated heterocycles. The van der Waals surface area contributed by atoms with Gasteiger partial charge in [0.05, 0.1) is 19.2 Å². The van der Waals surface area contributed by atoms with Gasteiger partial charge in [-0.25, -0.2) is 18.7 Å². The summed E-state index contributed by atoms with van der Waals surface area (Å²) in [5, 5.41) is 3.87. The maximum Gasteiger partial charge on any atom is 0.162 e. The van der Waals surface area contributed by atoms with Gasteiger partial charge >= 0.3 is 0 Å². The minimum atomic E-state index is -1.38. The van der Waals surface area contributed by atoms with Crippen LogP contribution in [0.2, 0.25) is 0 Å². The van der Waals surface area contributed by atoms with Crippen LogP contribution in [0.1, 0.15) is 36.5 Å². The Labute approximate surface area is 180 Å².